The van der Waals surface area contributed by atoms with Crippen LogP contribution < -0.4 is 0 Å². The molecule has 0 radical (unpaired) electrons. The van der Waals surface area contributed by atoms with Crippen LogP contribution in [0.25, 0.3) is 5.57 Å². The number of ketones is 1. The van der Waals surface area contributed by atoms with Gasteiger partial charge in [-0.05, 0) is 104 Å². The summed E-state index contributed by atoms with van der Waals surface area (Å²) in [5.41, 5.74) is 5.62. The van der Waals surface area contributed by atoms with Crippen LogP contribution in [-0.4, -0.2) is 28.2 Å². The van der Waals surface area contributed by atoms with Gasteiger partial charge in [-0.3, -0.25) is 4.79 Å². The molecule has 1 aromatic carbocycles. The lowest BCUT2D eigenvalue weighted by molar-refractivity contribution is -0.128. The van der Waals surface area contributed by atoms with Crippen molar-refractivity contribution in [1.29, 1.82) is 0 Å². The van der Waals surface area contributed by atoms with Crippen molar-refractivity contribution in [3.05, 3.63) is 65.3 Å². The maximum absolute atomic E-state index is 12.5. The number of carbonyl (C=O) groups is 1. The second-order valence-electron chi connectivity index (χ2n) is 12.3. The Balaban J connectivity index is 1.54. The predicted molar refractivity (Wildman–Crippen MR) is 135 cm³/mol. The van der Waals surface area contributed by atoms with Gasteiger partial charge in [0.1, 0.15) is 0 Å². The van der Waals surface area contributed by atoms with Gasteiger partial charge < -0.3 is 10.2 Å². The molecule has 3 nitrogen and oxygen atoms in total. The summed E-state index contributed by atoms with van der Waals surface area (Å²) in [6.07, 6.45) is 13.3. The highest BCUT2D eigenvalue weighted by Crippen LogP contribution is 2.73. The van der Waals surface area contributed by atoms with E-state index in [-0.39, 0.29) is 17.4 Å². The summed E-state index contributed by atoms with van der Waals surface area (Å²) in [7, 11) is 0. The van der Waals surface area contributed by atoms with Crippen molar-refractivity contribution in [2.75, 3.05) is 6.61 Å². The third-order valence-corrected chi connectivity index (χ3v) is 10.9. The molecule has 2 unspecified atom stereocenters. The molecule has 2 N–H and O–H groups in total. The van der Waals surface area contributed by atoms with Crippen LogP contribution in [0.5, 0.6) is 0 Å². The minimum Gasteiger partial charge on any atom is -0.392 e. The van der Waals surface area contributed by atoms with Crippen molar-refractivity contribution in [3.63, 3.8) is 0 Å². The minimum atomic E-state index is -0.869. The van der Waals surface area contributed by atoms with E-state index in [0.717, 1.165) is 50.5 Å². The van der Waals surface area contributed by atoms with Crippen LogP contribution in [0.3, 0.4) is 0 Å². The minimum absolute atomic E-state index is 0.0314. The Labute approximate surface area is 203 Å². The molecule has 7 atom stereocenters. The molecule has 0 aromatic heterocycles. The van der Waals surface area contributed by atoms with Crippen molar-refractivity contribution in [2.24, 2.45) is 28.6 Å². The fourth-order valence-corrected chi connectivity index (χ4v) is 9.44. The van der Waals surface area contributed by atoms with Crippen LogP contribution in [0.4, 0.5) is 0 Å². The van der Waals surface area contributed by atoms with Crippen LogP contribution >= 0.6 is 0 Å². The summed E-state index contributed by atoms with van der Waals surface area (Å²) in [5, 5.41) is 21.4. The Morgan fingerprint density at radius 3 is 2.82 bits per heavy atom. The molecule has 0 heterocycles. The van der Waals surface area contributed by atoms with E-state index in [0.29, 0.717) is 35.9 Å². The molecule has 0 aliphatic heterocycles. The molecular formula is C31H38O3. The molecule has 0 saturated heterocycles. The summed E-state index contributed by atoms with van der Waals surface area (Å²) >= 11 is 0. The fraction of sp³-hybridized carbons (Fsp3) is 0.581. The highest BCUT2D eigenvalue weighted by Gasteiger charge is 2.67. The van der Waals surface area contributed by atoms with Crippen LogP contribution in [0.1, 0.15) is 81.4 Å². The third-order valence-electron chi connectivity index (χ3n) is 10.9. The molecule has 0 amide bonds. The maximum Gasteiger partial charge on any atom is 0.155 e. The molecule has 3 heteroatoms. The van der Waals surface area contributed by atoms with Gasteiger partial charge >= 0.3 is 0 Å². The van der Waals surface area contributed by atoms with Gasteiger partial charge in [0.25, 0.3) is 0 Å². The summed E-state index contributed by atoms with van der Waals surface area (Å²) in [5.74, 6) is 2.29. The Kier molecular flexibility index (Phi) is 4.97. The molecule has 0 bridgehead atoms. The number of hydrogen-bond acceptors (Lipinski definition) is 3. The van der Waals surface area contributed by atoms with E-state index in [9.17, 15) is 15.0 Å². The first-order chi connectivity index (χ1) is 16.2. The molecule has 1 spiro atoms. The Morgan fingerprint density at radius 2 is 2.06 bits per heavy atom. The van der Waals surface area contributed by atoms with Gasteiger partial charge in [0.15, 0.2) is 5.78 Å². The van der Waals surface area contributed by atoms with Gasteiger partial charge in [-0.1, -0.05) is 55.0 Å². The summed E-state index contributed by atoms with van der Waals surface area (Å²) in [6, 6.07) is 6.95. The van der Waals surface area contributed by atoms with Gasteiger partial charge in [-0.2, -0.15) is 0 Å². The van der Waals surface area contributed by atoms with Gasteiger partial charge in [0.05, 0.1) is 12.2 Å². The quantitative estimate of drug-likeness (QED) is 0.566. The standard InChI is InChI=1S/C31H38O3/c1-19(2)20-5-7-24-21(15-20)17-30-12-9-23(33)16-22(30)6-8-25-27-10-13-31(34,11-4-14-32)29(27,3)18-26(24)28(25)30/h4-5,7,11,15-16,25-28,32,34H,1,6,8-10,12-14,17-18H2,2-3H3/b11-4-/t25-,26?,27-,28?,29-,30+,31-/m0/s1. The second-order valence-corrected chi connectivity index (χ2v) is 12.3. The van der Waals surface area contributed by atoms with Gasteiger partial charge in [-0.15, -0.1) is 0 Å². The molecule has 34 heavy (non-hydrogen) atoms. The summed E-state index contributed by atoms with van der Waals surface area (Å²) in [6.45, 7) is 8.56. The van der Waals surface area contributed by atoms with Crippen LogP contribution in [-0.2, 0) is 11.2 Å². The van der Waals surface area contributed by atoms with E-state index in [1.807, 2.05) is 12.2 Å². The molecule has 3 saturated carbocycles. The molecular weight excluding hydrogens is 420 g/mol. The highest BCUT2D eigenvalue weighted by atomic mass is 16.3. The van der Waals surface area contributed by atoms with E-state index >= 15 is 0 Å². The first-order valence-electron chi connectivity index (χ1n) is 13.3. The number of aliphatic hydroxyl groups excluding tert-OH is 1. The fourth-order valence-electron chi connectivity index (χ4n) is 9.44. The molecule has 180 valence electrons. The first-order valence-corrected chi connectivity index (χ1v) is 13.3. The Morgan fingerprint density at radius 1 is 1.24 bits per heavy atom. The molecule has 1 aromatic rings. The Bertz CT molecular complexity index is 1130. The van der Waals surface area contributed by atoms with Gasteiger partial charge in [0, 0.05) is 11.8 Å². The van der Waals surface area contributed by atoms with Crippen molar-refractivity contribution >= 4 is 11.4 Å². The zero-order chi connectivity index (χ0) is 23.9. The van der Waals surface area contributed by atoms with Crippen molar-refractivity contribution < 1.29 is 15.0 Å². The van der Waals surface area contributed by atoms with E-state index < -0.39 is 5.60 Å². The zero-order valence-electron chi connectivity index (χ0n) is 20.6. The zero-order valence-corrected chi connectivity index (χ0v) is 20.6. The number of benzene rings is 1. The number of rotatable bonds is 3. The van der Waals surface area contributed by atoms with E-state index in [1.165, 1.54) is 22.3 Å². The van der Waals surface area contributed by atoms with Crippen LogP contribution in [0, 0.1) is 28.6 Å². The topological polar surface area (TPSA) is 57.5 Å². The van der Waals surface area contributed by atoms with Crippen LogP contribution in [0.2, 0.25) is 0 Å². The van der Waals surface area contributed by atoms with E-state index in [2.05, 4.69) is 38.6 Å². The number of carbonyl (C=O) groups excluding carboxylic acids is 1. The van der Waals surface area contributed by atoms with Gasteiger partial charge in [-0.25, -0.2) is 0 Å². The monoisotopic (exact) mass is 458 g/mol. The lowest BCUT2D eigenvalue weighted by Crippen LogP contribution is -2.59. The van der Waals surface area contributed by atoms with E-state index in [1.54, 1.807) is 6.08 Å². The second kappa shape index (κ2) is 7.51. The average molecular weight is 459 g/mol. The maximum atomic E-state index is 12.5. The third kappa shape index (κ3) is 2.86. The first kappa shape index (κ1) is 22.5. The number of allylic oxidation sites excluding steroid dienone is 2. The predicted octanol–water partition coefficient (Wildman–Crippen LogP) is 5.76. The SMILES string of the molecule is C=C(C)c1ccc2c(c1)C[C@]13CCC(=O)C=C1CC[C@@H]1C3C2C[C@@]2(C)[C@H]1CC[C@@]2(O)/C=C\CO. The Hall–Kier alpha value is -1.97. The normalized spacial score (nSPS) is 42.5. The number of fused-ring (bicyclic) bond motifs is 4. The van der Waals surface area contributed by atoms with Crippen LogP contribution in [0.15, 0.2) is 48.6 Å². The molecule has 5 aliphatic rings. The smallest absolute Gasteiger partial charge is 0.155 e. The van der Waals surface area contributed by atoms with Crippen molar-refractivity contribution in [3.8, 4) is 0 Å². The molecule has 5 aliphatic carbocycles. The highest BCUT2D eigenvalue weighted by molar-refractivity contribution is 5.91. The molecule has 6 rings (SSSR count). The number of aliphatic hydroxyl groups is 2. The van der Waals surface area contributed by atoms with E-state index in [4.69, 9.17) is 0 Å². The van der Waals surface area contributed by atoms with Crippen molar-refractivity contribution in [2.45, 2.75) is 76.7 Å². The average Bonchev–Trinajstić information content (AvgIpc) is 3.08. The number of hydrogen-bond donors (Lipinski definition) is 2. The summed E-state index contributed by atoms with van der Waals surface area (Å²) < 4.78 is 0. The lowest BCUT2D eigenvalue weighted by atomic mass is 9.39. The largest absolute Gasteiger partial charge is 0.392 e. The van der Waals surface area contributed by atoms with Crippen molar-refractivity contribution in [1.82, 2.24) is 0 Å². The lowest BCUT2D eigenvalue weighted by Gasteiger charge is -2.65. The summed E-state index contributed by atoms with van der Waals surface area (Å²) in [4.78, 5) is 12.5. The van der Waals surface area contributed by atoms with Gasteiger partial charge in [0.2, 0.25) is 0 Å². The molecule has 3 fully saturated rings.